The molecule has 0 amide bonds. The minimum Gasteiger partial charge on any atom is -0.465 e. The fraction of sp³-hybridized carbons (Fsp3) is 0.312. The minimum atomic E-state index is -0.302. The Morgan fingerprint density at radius 1 is 1.10 bits per heavy atom. The second-order valence-corrected chi connectivity index (χ2v) is 4.84. The molecule has 0 N–H and O–H groups in total. The van der Waals surface area contributed by atoms with Gasteiger partial charge in [-0.3, -0.25) is 0 Å². The molecule has 1 heterocycles. The van der Waals surface area contributed by atoms with E-state index in [1.807, 2.05) is 18.2 Å². The second-order valence-electron chi connectivity index (χ2n) is 4.84. The molecule has 1 aliphatic heterocycles. The summed E-state index contributed by atoms with van der Waals surface area (Å²) in [7, 11) is 1.40. The molecule has 1 fully saturated rings. The molecule has 104 valence electrons. The van der Waals surface area contributed by atoms with Crippen LogP contribution in [-0.4, -0.2) is 39.4 Å². The average Bonchev–Trinajstić information content (AvgIpc) is 2.54. The lowest BCUT2D eigenvalue weighted by Gasteiger charge is -2.29. The van der Waals surface area contributed by atoms with Gasteiger partial charge < -0.3 is 14.4 Å². The molecule has 2 aromatic rings. The van der Waals surface area contributed by atoms with Crippen LogP contribution in [-0.2, 0) is 9.47 Å². The van der Waals surface area contributed by atoms with E-state index in [0.29, 0.717) is 5.56 Å². The van der Waals surface area contributed by atoms with E-state index >= 15 is 0 Å². The number of rotatable bonds is 2. The molecule has 1 aliphatic rings. The van der Waals surface area contributed by atoms with Crippen molar-refractivity contribution in [3.05, 3.63) is 42.0 Å². The van der Waals surface area contributed by atoms with Gasteiger partial charge in [0, 0.05) is 18.8 Å². The lowest BCUT2D eigenvalue weighted by atomic mass is 10.1. The van der Waals surface area contributed by atoms with Crippen molar-refractivity contribution >= 4 is 22.4 Å². The number of nitrogens with zero attached hydrogens (tertiary/aromatic N) is 1. The topological polar surface area (TPSA) is 38.8 Å². The van der Waals surface area contributed by atoms with Crippen molar-refractivity contribution in [3.63, 3.8) is 0 Å². The van der Waals surface area contributed by atoms with E-state index in [1.165, 1.54) is 12.8 Å². The van der Waals surface area contributed by atoms with Crippen molar-refractivity contribution in [3.8, 4) is 0 Å². The molecule has 0 bridgehead atoms. The van der Waals surface area contributed by atoms with Crippen LogP contribution in [0.5, 0.6) is 0 Å². The van der Waals surface area contributed by atoms with E-state index in [-0.39, 0.29) is 5.97 Å². The van der Waals surface area contributed by atoms with Crippen LogP contribution >= 0.6 is 0 Å². The first-order chi connectivity index (χ1) is 9.78. The van der Waals surface area contributed by atoms with E-state index in [0.717, 1.165) is 37.1 Å². The number of carbonyl (C=O) groups excluding carboxylic acids is 1. The Morgan fingerprint density at radius 3 is 2.55 bits per heavy atom. The van der Waals surface area contributed by atoms with Crippen LogP contribution in [0.25, 0.3) is 10.8 Å². The van der Waals surface area contributed by atoms with Gasteiger partial charge in [0.15, 0.2) is 0 Å². The molecule has 3 rings (SSSR count). The largest absolute Gasteiger partial charge is 0.465 e. The maximum atomic E-state index is 11.5. The predicted octanol–water partition coefficient (Wildman–Crippen LogP) is 2.46. The summed E-state index contributed by atoms with van der Waals surface area (Å²) in [6, 6.07) is 11.9. The Morgan fingerprint density at radius 2 is 1.80 bits per heavy atom. The summed E-state index contributed by atoms with van der Waals surface area (Å²) < 4.78 is 10.1. The average molecular weight is 271 g/mol. The molecule has 4 heteroatoms. The zero-order valence-corrected chi connectivity index (χ0v) is 11.5. The van der Waals surface area contributed by atoms with Crippen LogP contribution in [0.15, 0.2) is 36.4 Å². The van der Waals surface area contributed by atoms with E-state index in [1.54, 1.807) is 6.07 Å². The van der Waals surface area contributed by atoms with Crippen LogP contribution in [0.3, 0.4) is 0 Å². The molecule has 0 aromatic heterocycles. The summed E-state index contributed by atoms with van der Waals surface area (Å²) in [4.78, 5) is 13.8. The van der Waals surface area contributed by atoms with Crippen molar-refractivity contribution in [1.82, 2.24) is 0 Å². The van der Waals surface area contributed by atoms with Gasteiger partial charge in [-0.15, -0.1) is 0 Å². The number of hydrogen-bond donors (Lipinski definition) is 0. The van der Waals surface area contributed by atoms with Gasteiger partial charge in [0.25, 0.3) is 0 Å². The maximum Gasteiger partial charge on any atom is 0.337 e. The van der Waals surface area contributed by atoms with Gasteiger partial charge in [-0.05, 0) is 35.0 Å². The third kappa shape index (κ3) is 2.47. The fourth-order valence-corrected chi connectivity index (χ4v) is 2.50. The van der Waals surface area contributed by atoms with Crippen molar-refractivity contribution in [2.45, 2.75) is 0 Å². The lowest BCUT2D eigenvalue weighted by Crippen LogP contribution is -2.36. The smallest absolute Gasteiger partial charge is 0.337 e. The van der Waals surface area contributed by atoms with Crippen LogP contribution in [0.2, 0.25) is 0 Å². The first-order valence-corrected chi connectivity index (χ1v) is 6.73. The Hall–Kier alpha value is -2.07. The molecule has 2 aromatic carbocycles. The molecule has 0 spiro atoms. The third-order valence-electron chi connectivity index (χ3n) is 3.62. The molecule has 0 atom stereocenters. The van der Waals surface area contributed by atoms with E-state index in [9.17, 15) is 4.79 Å². The highest BCUT2D eigenvalue weighted by Crippen LogP contribution is 2.24. The Kier molecular flexibility index (Phi) is 3.56. The third-order valence-corrected chi connectivity index (χ3v) is 3.62. The molecular formula is C16H17NO3. The van der Waals surface area contributed by atoms with Crippen molar-refractivity contribution in [1.29, 1.82) is 0 Å². The van der Waals surface area contributed by atoms with Gasteiger partial charge in [-0.2, -0.15) is 0 Å². The van der Waals surface area contributed by atoms with Crippen LogP contribution < -0.4 is 4.90 Å². The highest BCUT2D eigenvalue weighted by atomic mass is 16.5. The number of hydrogen-bond acceptors (Lipinski definition) is 4. The maximum absolute atomic E-state index is 11.5. The Bertz CT molecular complexity index is 633. The highest BCUT2D eigenvalue weighted by molar-refractivity contribution is 5.96. The molecule has 4 nitrogen and oxygen atoms in total. The first-order valence-electron chi connectivity index (χ1n) is 6.73. The monoisotopic (exact) mass is 271 g/mol. The number of fused-ring (bicyclic) bond motifs is 1. The molecule has 0 saturated carbocycles. The van der Waals surface area contributed by atoms with Gasteiger partial charge in [-0.25, -0.2) is 4.79 Å². The number of morpholine rings is 1. The highest BCUT2D eigenvalue weighted by Gasteiger charge is 2.12. The Balaban J connectivity index is 1.93. The van der Waals surface area contributed by atoms with Gasteiger partial charge >= 0.3 is 5.97 Å². The molecule has 0 radical (unpaired) electrons. The van der Waals surface area contributed by atoms with Crippen LogP contribution in [0, 0.1) is 0 Å². The lowest BCUT2D eigenvalue weighted by molar-refractivity contribution is 0.0601. The Labute approximate surface area is 117 Å². The predicted molar refractivity (Wildman–Crippen MR) is 78.3 cm³/mol. The standard InChI is InChI=1S/C16H17NO3/c1-19-16(18)14-3-2-13-11-15(5-4-12(13)10-14)17-6-8-20-9-7-17/h2-5,10-11H,6-9H2,1H3. The van der Waals surface area contributed by atoms with E-state index in [2.05, 4.69) is 17.0 Å². The van der Waals surface area contributed by atoms with Gasteiger partial charge in [0.2, 0.25) is 0 Å². The molecular weight excluding hydrogens is 254 g/mol. The molecule has 0 aliphatic carbocycles. The van der Waals surface area contributed by atoms with Gasteiger partial charge in [0.05, 0.1) is 25.9 Å². The summed E-state index contributed by atoms with van der Waals surface area (Å²) in [6.07, 6.45) is 0. The fourth-order valence-electron chi connectivity index (χ4n) is 2.50. The van der Waals surface area contributed by atoms with E-state index < -0.39 is 0 Å². The van der Waals surface area contributed by atoms with Crippen molar-refractivity contribution in [2.75, 3.05) is 38.3 Å². The minimum absolute atomic E-state index is 0.302. The quantitative estimate of drug-likeness (QED) is 0.787. The van der Waals surface area contributed by atoms with Gasteiger partial charge in [0.1, 0.15) is 0 Å². The van der Waals surface area contributed by atoms with Crippen LogP contribution in [0.1, 0.15) is 10.4 Å². The number of benzene rings is 2. The zero-order valence-electron chi connectivity index (χ0n) is 11.5. The number of esters is 1. The number of carbonyl (C=O) groups is 1. The van der Waals surface area contributed by atoms with Crippen molar-refractivity contribution < 1.29 is 14.3 Å². The van der Waals surface area contributed by atoms with E-state index in [4.69, 9.17) is 9.47 Å². The summed E-state index contributed by atoms with van der Waals surface area (Å²) in [5, 5.41) is 2.17. The SMILES string of the molecule is COC(=O)c1ccc2cc(N3CCOCC3)ccc2c1. The van der Waals surface area contributed by atoms with Crippen LogP contribution in [0.4, 0.5) is 5.69 Å². The number of ether oxygens (including phenoxy) is 2. The zero-order chi connectivity index (χ0) is 13.9. The summed E-state index contributed by atoms with van der Waals surface area (Å²) >= 11 is 0. The summed E-state index contributed by atoms with van der Waals surface area (Å²) in [6.45, 7) is 3.40. The molecule has 0 unspecified atom stereocenters. The van der Waals surface area contributed by atoms with Gasteiger partial charge in [-0.1, -0.05) is 12.1 Å². The summed E-state index contributed by atoms with van der Waals surface area (Å²) in [5.41, 5.74) is 1.78. The first kappa shape index (κ1) is 12.9. The molecule has 20 heavy (non-hydrogen) atoms. The summed E-state index contributed by atoms with van der Waals surface area (Å²) in [5.74, 6) is -0.302. The molecule has 1 saturated heterocycles. The van der Waals surface area contributed by atoms with Crippen molar-refractivity contribution in [2.24, 2.45) is 0 Å². The number of anilines is 1. The normalized spacial score (nSPS) is 15.3. The number of methoxy groups -OCH3 is 1. The second kappa shape index (κ2) is 5.51.